The molecule has 1 fully saturated rings. The van der Waals surface area contributed by atoms with Crippen LogP contribution in [0.3, 0.4) is 0 Å². The molecule has 0 bridgehead atoms. The molecule has 2 aliphatic rings. The Morgan fingerprint density at radius 2 is 2.11 bits per heavy atom. The summed E-state index contributed by atoms with van der Waals surface area (Å²) in [6.45, 7) is 3.67. The van der Waals surface area contributed by atoms with Crippen LogP contribution in [0.1, 0.15) is 12.5 Å². The summed E-state index contributed by atoms with van der Waals surface area (Å²) in [6, 6.07) is 5.65. The molecule has 2 heterocycles. The van der Waals surface area contributed by atoms with E-state index in [-0.39, 0.29) is 12.7 Å². The van der Waals surface area contributed by atoms with E-state index in [4.69, 9.17) is 9.47 Å². The number of amides is 1. The number of piperazine rings is 1. The van der Waals surface area contributed by atoms with Crippen LogP contribution in [-0.2, 0) is 10.3 Å². The van der Waals surface area contributed by atoms with E-state index in [0.717, 1.165) is 24.4 Å². The molecule has 96 valence electrons. The molecule has 1 atom stereocenters. The molecule has 5 nitrogen and oxygen atoms in total. The van der Waals surface area contributed by atoms with Crippen molar-refractivity contribution in [2.75, 3.05) is 26.9 Å². The lowest BCUT2D eigenvalue weighted by Gasteiger charge is -2.39. The van der Waals surface area contributed by atoms with Gasteiger partial charge in [0.1, 0.15) is 5.54 Å². The van der Waals surface area contributed by atoms with Gasteiger partial charge in [0, 0.05) is 20.1 Å². The second kappa shape index (κ2) is 3.88. The number of nitrogens with zero attached hydrogens (tertiary/aromatic N) is 1. The lowest BCUT2D eigenvalue weighted by molar-refractivity contribution is -0.139. The van der Waals surface area contributed by atoms with Crippen LogP contribution in [0.25, 0.3) is 0 Å². The van der Waals surface area contributed by atoms with Crippen LogP contribution in [0.15, 0.2) is 18.2 Å². The minimum atomic E-state index is -0.687. The Balaban J connectivity index is 2.00. The third-order valence-corrected chi connectivity index (χ3v) is 3.65. The number of likely N-dealkylation sites (N-methyl/N-ethyl adjacent to an activating group) is 1. The Kier molecular flexibility index (Phi) is 2.45. The van der Waals surface area contributed by atoms with Crippen molar-refractivity contribution < 1.29 is 14.3 Å². The minimum absolute atomic E-state index is 0.0765. The Labute approximate surface area is 106 Å². The monoisotopic (exact) mass is 248 g/mol. The van der Waals surface area contributed by atoms with Gasteiger partial charge in [-0.25, -0.2) is 0 Å². The number of fused-ring (bicyclic) bond motifs is 1. The second-order valence-electron chi connectivity index (χ2n) is 4.85. The predicted octanol–water partition coefficient (Wildman–Crippen LogP) is 0.692. The zero-order valence-corrected chi connectivity index (χ0v) is 10.5. The summed E-state index contributed by atoms with van der Waals surface area (Å²) in [5, 5.41) is 3.30. The highest BCUT2D eigenvalue weighted by molar-refractivity contribution is 5.88. The van der Waals surface area contributed by atoms with Gasteiger partial charge in [-0.3, -0.25) is 10.1 Å². The maximum absolute atomic E-state index is 12.3. The van der Waals surface area contributed by atoms with Crippen molar-refractivity contribution in [2.45, 2.75) is 12.5 Å². The molecule has 3 rings (SSSR count). The molecule has 1 unspecified atom stereocenters. The van der Waals surface area contributed by atoms with Gasteiger partial charge >= 0.3 is 0 Å². The molecular formula is C13H16N2O3. The predicted molar refractivity (Wildman–Crippen MR) is 65.6 cm³/mol. The van der Waals surface area contributed by atoms with Gasteiger partial charge in [-0.2, -0.15) is 0 Å². The molecule has 0 spiro atoms. The molecule has 0 aromatic heterocycles. The van der Waals surface area contributed by atoms with Crippen LogP contribution in [0, 0.1) is 0 Å². The summed E-state index contributed by atoms with van der Waals surface area (Å²) in [4.78, 5) is 14.1. The van der Waals surface area contributed by atoms with Crippen molar-refractivity contribution >= 4 is 5.91 Å². The fourth-order valence-corrected chi connectivity index (χ4v) is 2.47. The zero-order chi connectivity index (χ0) is 12.8. The molecule has 5 heteroatoms. The van der Waals surface area contributed by atoms with Crippen molar-refractivity contribution in [3.63, 3.8) is 0 Å². The summed E-state index contributed by atoms with van der Waals surface area (Å²) < 4.78 is 10.6. The molecule has 0 saturated carbocycles. The first-order valence-electron chi connectivity index (χ1n) is 6.02. The average Bonchev–Trinajstić information content (AvgIpc) is 2.83. The summed E-state index contributed by atoms with van der Waals surface area (Å²) in [7, 11) is 1.83. The maximum Gasteiger partial charge on any atom is 0.246 e. The van der Waals surface area contributed by atoms with Crippen LogP contribution < -0.4 is 14.8 Å². The molecule has 18 heavy (non-hydrogen) atoms. The number of nitrogens with one attached hydrogen (secondary N) is 1. The molecule has 1 aromatic rings. The third-order valence-electron chi connectivity index (χ3n) is 3.65. The number of rotatable bonds is 1. The molecule has 2 aliphatic heterocycles. The highest BCUT2D eigenvalue weighted by atomic mass is 16.7. The van der Waals surface area contributed by atoms with E-state index in [2.05, 4.69) is 5.32 Å². The van der Waals surface area contributed by atoms with Gasteiger partial charge in [-0.1, -0.05) is 6.07 Å². The first-order valence-corrected chi connectivity index (χ1v) is 6.02. The van der Waals surface area contributed by atoms with E-state index in [1.807, 2.05) is 32.2 Å². The summed E-state index contributed by atoms with van der Waals surface area (Å²) >= 11 is 0. The van der Waals surface area contributed by atoms with Gasteiger partial charge in [0.2, 0.25) is 12.7 Å². The van der Waals surface area contributed by atoms with Gasteiger partial charge in [-0.05, 0) is 24.6 Å². The summed E-state index contributed by atoms with van der Waals surface area (Å²) in [5.41, 5.74) is 0.219. The second-order valence-corrected chi connectivity index (χ2v) is 4.85. The van der Waals surface area contributed by atoms with E-state index in [1.54, 1.807) is 4.90 Å². The Morgan fingerprint density at radius 1 is 1.33 bits per heavy atom. The van der Waals surface area contributed by atoms with Crippen LogP contribution in [-0.4, -0.2) is 37.7 Å². The first kappa shape index (κ1) is 11.3. The fraction of sp³-hybridized carbons (Fsp3) is 0.462. The molecule has 0 aliphatic carbocycles. The van der Waals surface area contributed by atoms with Crippen molar-refractivity contribution in [1.29, 1.82) is 0 Å². The van der Waals surface area contributed by atoms with Crippen molar-refractivity contribution in [1.82, 2.24) is 10.2 Å². The molecule has 1 aromatic carbocycles. The number of benzene rings is 1. The lowest BCUT2D eigenvalue weighted by Crippen LogP contribution is -2.59. The zero-order valence-electron chi connectivity index (χ0n) is 10.5. The fourth-order valence-electron chi connectivity index (χ4n) is 2.47. The minimum Gasteiger partial charge on any atom is -0.454 e. The molecule has 1 amide bonds. The van der Waals surface area contributed by atoms with Gasteiger partial charge in [0.25, 0.3) is 0 Å². The highest BCUT2D eigenvalue weighted by Crippen LogP contribution is 2.36. The summed E-state index contributed by atoms with van der Waals surface area (Å²) in [5.74, 6) is 1.52. The third kappa shape index (κ3) is 1.54. The topological polar surface area (TPSA) is 50.8 Å². The first-order chi connectivity index (χ1) is 8.61. The standard InChI is InChI=1S/C13H16N2O3/c1-13(12(16)15(2)6-5-14-13)9-3-4-10-11(7-9)18-8-17-10/h3-4,7,14H,5-6,8H2,1-2H3. The van der Waals surface area contributed by atoms with Gasteiger partial charge < -0.3 is 14.4 Å². The number of carbonyl (C=O) groups excluding carboxylic acids is 1. The normalized spacial score (nSPS) is 26.6. The van der Waals surface area contributed by atoms with E-state index in [1.165, 1.54) is 0 Å². The van der Waals surface area contributed by atoms with Crippen molar-refractivity contribution in [3.05, 3.63) is 23.8 Å². The number of hydrogen-bond donors (Lipinski definition) is 1. The van der Waals surface area contributed by atoms with E-state index < -0.39 is 5.54 Å². The van der Waals surface area contributed by atoms with E-state index in [0.29, 0.717) is 5.75 Å². The number of ether oxygens (including phenoxy) is 2. The maximum atomic E-state index is 12.3. The largest absolute Gasteiger partial charge is 0.454 e. The van der Waals surface area contributed by atoms with Gasteiger partial charge in [0.15, 0.2) is 11.5 Å². The lowest BCUT2D eigenvalue weighted by atomic mass is 9.88. The van der Waals surface area contributed by atoms with Crippen LogP contribution >= 0.6 is 0 Å². The van der Waals surface area contributed by atoms with Crippen LogP contribution in [0.4, 0.5) is 0 Å². The molecule has 1 saturated heterocycles. The van der Waals surface area contributed by atoms with Gasteiger partial charge in [0.05, 0.1) is 0 Å². The summed E-state index contributed by atoms with van der Waals surface area (Å²) in [6.07, 6.45) is 0. The van der Waals surface area contributed by atoms with Gasteiger partial charge in [-0.15, -0.1) is 0 Å². The molecular weight excluding hydrogens is 232 g/mol. The van der Waals surface area contributed by atoms with Crippen molar-refractivity contribution in [3.8, 4) is 11.5 Å². The Morgan fingerprint density at radius 3 is 2.94 bits per heavy atom. The number of hydrogen-bond acceptors (Lipinski definition) is 4. The Bertz CT molecular complexity index is 503. The van der Waals surface area contributed by atoms with Crippen LogP contribution in [0.2, 0.25) is 0 Å². The van der Waals surface area contributed by atoms with Crippen molar-refractivity contribution in [2.24, 2.45) is 0 Å². The quantitative estimate of drug-likeness (QED) is 0.794. The van der Waals surface area contributed by atoms with Crippen LogP contribution in [0.5, 0.6) is 11.5 Å². The smallest absolute Gasteiger partial charge is 0.246 e. The number of carbonyl (C=O) groups is 1. The average molecular weight is 248 g/mol. The molecule has 0 radical (unpaired) electrons. The SMILES string of the molecule is CN1CCNC(C)(c2ccc3c(c2)OCO3)C1=O. The molecule has 1 N–H and O–H groups in total. The van der Waals surface area contributed by atoms with E-state index >= 15 is 0 Å². The Hall–Kier alpha value is -1.75. The highest BCUT2D eigenvalue weighted by Gasteiger charge is 2.40. The van der Waals surface area contributed by atoms with E-state index in [9.17, 15) is 4.79 Å².